The van der Waals surface area contributed by atoms with Crippen LogP contribution in [0.5, 0.6) is 0 Å². The van der Waals surface area contributed by atoms with E-state index in [0.717, 1.165) is 13.0 Å². The van der Waals surface area contributed by atoms with Crippen molar-refractivity contribution >= 4 is 15.9 Å². The van der Waals surface area contributed by atoms with E-state index < -0.39 is 0 Å². The third-order valence-electron chi connectivity index (χ3n) is 2.14. The van der Waals surface area contributed by atoms with Gasteiger partial charge in [0.1, 0.15) is 5.01 Å². The fourth-order valence-electron chi connectivity index (χ4n) is 1.52. The van der Waals surface area contributed by atoms with Gasteiger partial charge < -0.3 is 9.47 Å². The maximum atomic E-state index is 5.59. The van der Waals surface area contributed by atoms with Gasteiger partial charge in [0.25, 0.3) is 0 Å². The molecule has 1 fully saturated rings. The highest BCUT2D eigenvalue weighted by atomic mass is 79.9. The molecule has 0 amide bonds. The average molecular weight is 237 g/mol. The molecule has 0 radical (unpaired) electrons. The molecular formula is C9H17BrO2. The summed E-state index contributed by atoms with van der Waals surface area (Å²) in [6.45, 7) is 4.96. The van der Waals surface area contributed by atoms with Gasteiger partial charge in [-0.15, -0.1) is 0 Å². The number of hydrogen-bond acceptors (Lipinski definition) is 2. The molecule has 1 rings (SSSR count). The molecule has 0 aliphatic carbocycles. The highest BCUT2D eigenvalue weighted by Gasteiger charge is 2.22. The number of alkyl halides is 1. The largest absolute Gasteiger partial charge is 0.376 e. The summed E-state index contributed by atoms with van der Waals surface area (Å²) in [6, 6.07) is 0. The zero-order valence-electron chi connectivity index (χ0n) is 7.75. The molecule has 1 heterocycles. The van der Waals surface area contributed by atoms with Crippen LogP contribution >= 0.6 is 15.9 Å². The molecule has 0 aromatic carbocycles. The summed E-state index contributed by atoms with van der Waals surface area (Å²) in [5.74, 6) is 0. The van der Waals surface area contributed by atoms with Gasteiger partial charge in [-0.25, -0.2) is 0 Å². The quantitative estimate of drug-likeness (QED) is 0.702. The maximum Gasteiger partial charge on any atom is 0.110 e. The Morgan fingerprint density at radius 2 is 2.17 bits per heavy atom. The first kappa shape index (κ1) is 10.5. The highest BCUT2D eigenvalue weighted by molar-refractivity contribution is 9.09. The Kier molecular flexibility index (Phi) is 4.54. The van der Waals surface area contributed by atoms with E-state index in [2.05, 4.69) is 22.9 Å². The molecule has 0 N–H and O–H groups in total. The molecule has 0 saturated carbocycles. The van der Waals surface area contributed by atoms with Gasteiger partial charge >= 0.3 is 0 Å². The lowest BCUT2D eigenvalue weighted by atomic mass is 10.1. The van der Waals surface area contributed by atoms with Gasteiger partial charge in [-0.3, -0.25) is 0 Å². The first-order chi connectivity index (χ1) is 5.70. The monoisotopic (exact) mass is 236 g/mol. The Morgan fingerprint density at radius 1 is 1.42 bits per heavy atom. The third kappa shape index (κ3) is 3.42. The van der Waals surface area contributed by atoms with Gasteiger partial charge in [-0.1, -0.05) is 15.9 Å². The van der Waals surface area contributed by atoms with Crippen LogP contribution in [0, 0.1) is 0 Å². The van der Waals surface area contributed by atoms with Crippen molar-refractivity contribution in [2.24, 2.45) is 0 Å². The molecule has 12 heavy (non-hydrogen) atoms. The van der Waals surface area contributed by atoms with Crippen LogP contribution in [0.3, 0.4) is 0 Å². The minimum atomic E-state index is 0.123. The van der Waals surface area contributed by atoms with Crippen LogP contribution < -0.4 is 0 Å². The smallest absolute Gasteiger partial charge is 0.110 e. The van der Waals surface area contributed by atoms with Gasteiger partial charge in [0, 0.05) is 6.61 Å². The Hall–Kier alpha value is 0.400. The summed E-state index contributed by atoms with van der Waals surface area (Å²) in [5.41, 5.74) is 0. The van der Waals surface area contributed by atoms with Crippen LogP contribution in [0.2, 0.25) is 0 Å². The number of hydrogen-bond donors (Lipinski definition) is 0. The third-order valence-corrected chi connectivity index (χ3v) is 2.36. The van der Waals surface area contributed by atoms with Crippen molar-refractivity contribution in [3.8, 4) is 0 Å². The van der Waals surface area contributed by atoms with Crippen molar-refractivity contribution in [1.29, 1.82) is 0 Å². The minimum Gasteiger partial charge on any atom is -0.376 e. The van der Waals surface area contributed by atoms with Crippen molar-refractivity contribution in [3.63, 3.8) is 0 Å². The Bertz CT molecular complexity index is 122. The fraction of sp³-hybridized carbons (Fsp3) is 1.00. The van der Waals surface area contributed by atoms with Gasteiger partial charge in [0.2, 0.25) is 0 Å². The van der Waals surface area contributed by atoms with E-state index in [4.69, 9.17) is 9.47 Å². The standard InChI is InChI=1S/C9H17BrO2/c1-7(12-8(2)10)9-5-3-4-6-11-9/h7-9H,3-6H2,1-2H3. The van der Waals surface area contributed by atoms with E-state index in [1.54, 1.807) is 0 Å². The minimum absolute atomic E-state index is 0.123. The Labute approximate surface area is 82.7 Å². The number of rotatable bonds is 3. The molecule has 0 bridgehead atoms. The van der Waals surface area contributed by atoms with E-state index in [1.165, 1.54) is 12.8 Å². The van der Waals surface area contributed by atoms with Crippen LogP contribution in [-0.4, -0.2) is 23.8 Å². The predicted octanol–water partition coefficient (Wildman–Crippen LogP) is 2.70. The van der Waals surface area contributed by atoms with Crippen LogP contribution in [0.4, 0.5) is 0 Å². The molecule has 1 saturated heterocycles. The lowest BCUT2D eigenvalue weighted by molar-refractivity contribution is -0.0865. The Balaban J connectivity index is 2.24. The van der Waals surface area contributed by atoms with E-state index in [9.17, 15) is 0 Å². The number of ether oxygens (including phenoxy) is 2. The molecule has 1 aliphatic heterocycles. The lowest BCUT2D eigenvalue weighted by Crippen LogP contribution is -2.33. The normalized spacial score (nSPS) is 29.8. The summed E-state index contributed by atoms with van der Waals surface area (Å²) >= 11 is 3.36. The van der Waals surface area contributed by atoms with Gasteiger partial charge in [0.15, 0.2) is 0 Å². The molecule has 3 heteroatoms. The summed E-state index contributed by atoms with van der Waals surface area (Å²) < 4.78 is 11.2. The fourth-order valence-corrected chi connectivity index (χ4v) is 1.86. The first-order valence-electron chi connectivity index (χ1n) is 4.61. The maximum absolute atomic E-state index is 5.59. The molecular weight excluding hydrogens is 220 g/mol. The van der Waals surface area contributed by atoms with Gasteiger partial charge in [-0.2, -0.15) is 0 Å². The van der Waals surface area contributed by atoms with Crippen molar-refractivity contribution in [2.45, 2.75) is 50.3 Å². The van der Waals surface area contributed by atoms with Crippen LogP contribution in [0.15, 0.2) is 0 Å². The zero-order chi connectivity index (χ0) is 8.97. The summed E-state index contributed by atoms with van der Waals surface area (Å²) in [5, 5.41) is 0.123. The molecule has 3 unspecified atom stereocenters. The van der Waals surface area contributed by atoms with Crippen LogP contribution in [0.1, 0.15) is 33.1 Å². The summed E-state index contributed by atoms with van der Waals surface area (Å²) in [7, 11) is 0. The molecule has 72 valence electrons. The van der Waals surface area contributed by atoms with Crippen molar-refractivity contribution < 1.29 is 9.47 Å². The zero-order valence-corrected chi connectivity index (χ0v) is 9.34. The van der Waals surface area contributed by atoms with Crippen molar-refractivity contribution in [3.05, 3.63) is 0 Å². The van der Waals surface area contributed by atoms with Gasteiger partial charge in [0.05, 0.1) is 12.2 Å². The SMILES string of the molecule is CC(Br)OC(C)C1CCCCO1. The van der Waals surface area contributed by atoms with E-state index in [1.807, 2.05) is 6.92 Å². The molecule has 0 spiro atoms. The van der Waals surface area contributed by atoms with Crippen molar-refractivity contribution in [2.75, 3.05) is 6.61 Å². The summed E-state index contributed by atoms with van der Waals surface area (Å²) in [4.78, 5) is 0. The molecule has 3 atom stereocenters. The van der Waals surface area contributed by atoms with Crippen LogP contribution in [-0.2, 0) is 9.47 Å². The molecule has 2 nitrogen and oxygen atoms in total. The Morgan fingerprint density at radius 3 is 2.67 bits per heavy atom. The van der Waals surface area contributed by atoms with E-state index in [-0.39, 0.29) is 11.1 Å². The van der Waals surface area contributed by atoms with Crippen molar-refractivity contribution in [1.82, 2.24) is 0 Å². The second kappa shape index (κ2) is 5.20. The summed E-state index contributed by atoms with van der Waals surface area (Å²) in [6.07, 6.45) is 4.13. The first-order valence-corrected chi connectivity index (χ1v) is 5.53. The van der Waals surface area contributed by atoms with E-state index in [0.29, 0.717) is 6.10 Å². The number of halogens is 1. The molecule has 0 aromatic rings. The van der Waals surface area contributed by atoms with Gasteiger partial charge in [-0.05, 0) is 33.1 Å². The van der Waals surface area contributed by atoms with Crippen LogP contribution in [0.25, 0.3) is 0 Å². The second-order valence-electron chi connectivity index (χ2n) is 3.29. The average Bonchev–Trinajstić information content (AvgIpc) is 2.05. The lowest BCUT2D eigenvalue weighted by Gasteiger charge is -2.28. The highest BCUT2D eigenvalue weighted by Crippen LogP contribution is 2.19. The molecule has 0 aromatic heterocycles. The topological polar surface area (TPSA) is 18.5 Å². The second-order valence-corrected chi connectivity index (χ2v) is 4.58. The molecule has 1 aliphatic rings. The van der Waals surface area contributed by atoms with E-state index >= 15 is 0 Å². The predicted molar refractivity (Wildman–Crippen MR) is 52.5 cm³/mol.